The number of benzene rings is 1. The van der Waals surface area contributed by atoms with Crippen LogP contribution in [0.3, 0.4) is 0 Å². The van der Waals surface area contributed by atoms with Gasteiger partial charge in [0.2, 0.25) is 0 Å². The van der Waals surface area contributed by atoms with E-state index in [9.17, 15) is 17.6 Å². The fraction of sp³-hybridized carbons (Fsp3) is 0.333. The first kappa shape index (κ1) is 11.0. The number of alkyl halides is 1. The molecule has 5 heteroatoms. The minimum Gasteiger partial charge on any atom is -0.324 e. The second-order valence-electron chi connectivity index (χ2n) is 2.87. The lowest BCUT2D eigenvalue weighted by molar-refractivity contribution is 0.429. The van der Waals surface area contributed by atoms with E-state index in [0.29, 0.717) is 12.1 Å². The molecule has 1 aromatic rings. The molecule has 0 bridgehead atoms. The first-order valence-corrected chi connectivity index (χ1v) is 4.02. The van der Waals surface area contributed by atoms with Gasteiger partial charge in [-0.25, -0.2) is 13.2 Å². The van der Waals surface area contributed by atoms with Gasteiger partial charge in [-0.2, -0.15) is 0 Å². The number of hydrogen-bond acceptors (Lipinski definition) is 1. The standard InChI is InChI=1S/C9H9F4N/c10-2-1-9(14)5-3-7(12)8(13)4-6(5)11/h3-4,9H,1-2,14H2/t9-/m1/s1. The number of hydrogen-bond donors (Lipinski definition) is 1. The Balaban J connectivity index is 3.02. The van der Waals surface area contributed by atoms with E-state index in [1.807, 2.05) is 0 Å². The first-order valence-electron chi connectivity index (χ1n) is 4.02. The molecule has 0 saturated heterocycles. The molecule has 2 N–H and O–H groups in total. The first-order chi connectivity index (χ1) is 6.56. The smallest absolute Gasteiger partial charge is 0.161 e. The Labute approximate surface area is 78.5 Å². The van der Waals surface area contributed by atoms with Crippen molar-refractivity contribution in [2.75, 3.05) is 6.67 Å². The molecule has 0 radical (unpaired) electrons. The van der Waals surface area contributed by atoms with E-state index in [1.54, 1.807) is 0 Å². The summed E-state index contributed by atoms with van der Waals surface area (Å²) in [7, 11) is 0. The molecular weight excluding hydrogens is 198 g/mol. The second kappa shape index (κ2) is 4.41. The lowest BCUT2D eigenvalue weighted by Crippen LogP contribution is -2.13. The monoisotopic (exact) mass is 207 g/mol. The average molecular weight is 207 g/mol. The SMILES string of the molecule is N[C@H](CCF)c1cc(F)c(F)cc1F. The summed E-state index contributed by atoms with van der Waals surface area (Å²) < 4.78 is 50.0. The van der Waals surface area contributed by atoms with E-state index in [-0.39, 0.29) is 12.0 Å². The van der Waals surface area contributed by atoms with Crippen molar-refractivity contribution < 1.29 is 17.6 Å². The molecule has 0 amide bonds. The maximum absolute atomic E-state index is 13.0. The molecule has 0 fully saturated rings. The molecule has 1 rings (SSSR count). The van der Waals surface area contributed by atoms with Crippen molar-refractivity contribution >= 4 is 0 Å². The van der Waals surface area contributed by atoms with Crippen molar-refractivity contribution in [1.29, 1.82) is 0 Å². The van der Waals surface area contributed by atoms with Crippen LogP contribution in [0.4, 0.5) is 17.6 Å². The van der Waals surface area contributed by atoms with Gasteiger partial charge in [0.25, 0.3) is 0 Å². The van der Waals surface area contributed by atoms with E-state index in [4.69, 9.17) is 5.73 Å². The fourth-order valence-electron chi connectivity index (χ4n) is 1.10. The Morgan fingerprint density at radius 2 is 1.64 bits per heavy atom. The molecule has 14 heavy (non-hydrogen) atoms. The summed E-state index contributed by atoms with van der Waals surface area (Å²) in [6.45, 7) is -0.737. The van der Waals surface area contributed by atoms with E-state index < -0.39 is 30.2 Å². The third-order valence-electron chi connectivity index (χ3n) is 1.86. The number of rotatable bonds is 3. The lowest BCUT2D eigenvalue weighted by atomic mass is 10.0. The molecule has 1 nitrogen and oxygen atoms in total. The van der Waals surface area contributed by atoms with Crippen LogP contribution in [0.25, 0.3) is 0 Å². The highest BCUT2D eigenvalue weighted by molar-refractivity contribution is 5.23. The number of halogens is 4. The molecule has 0 aliphatic heterocycles. The van der Waals surface area contributed by atoms with Crippen LogP contribution in [-0.2, 0) is 0 Å². The zero-order valence-corrected chi connectivity index (χ0v) is 7.24. The molecule has 0 saturated carbocycles. The topological polar surface area (TPSA) is 26.0 Å². The van der Waals surface area contributed by atoms with Crippen LogP contribution >= 0.6 is 0 Å². The van der Waals surface area contributed by atoms with Gasteiger partial charge in [-0.3, -0.25) is 4.39 Å². The van der Waals surface area contributed by atoms with Crippen molar-refractivity contribution in [3.63, 3.8) is 0 Å². The second-order valence-corrected chi connectivity index (χ2v) is 2.87. The Bertz CT molecular complexity index is 327. The molecule has 78 valence electrons. The molecule has 0 spiro atoms. The zero-order chi connectivity index (χ0) is 10.7. The third-order valence-corrected chi connectivity index (χ3v) is 1.86. The quantitative estimate of drug-likeness (QED) is 0.598. The van der Waals surface area contributed by atoms with Crippen molar-refractivity contribution in [3.8, 4) is 0 Å². The summed E-state index contributed by atoms with van der Waals surface area (Å²) in [5.41, 5.74) is 5.15. The molecule has 0 aliphatic rings. The van der Waals surface area contributed by atoms with Crippen molar-refractivity contribution in [2.24, 2.45) is 5.73 Å². The summed E-state index contributed by atoms with van der Waals surface area (Å²) in [5.74, 6) is -3.42. The fourth-order valence-corrected chi connectivity index (χ4v) is 1.10. The molecule has 1 atom stereocenters. The molecular formula is C9H9F4N. The van der Waals surface area contributed by atoms with Crippen LogP contribution in [-0.4, -0.2) is 6.67 Å². The van der Waals surface area contributed by atoms with Crippen LogP contribution in [0.15, 0.2) is 12.1 Å². The van der Waals surface area contributed by atoms with Crippen LogP contribution in [0, 0.1) is 17.5 Å². The van der Waals surface area contributed by atoms with Gasteiger partial charge in [-0.05, 0) is 12.5 Å². The Morgan fingerprint density at radius 3 is 2.21 bits per heavy atom. The van der Waals surface area contributed by atoms with Gasteiger partial charge in [0.15, 0.2) is 11.6 Å². The highest BCUT2D eigenvalue weighted by Gasteiger charge is 2.15. The Kier molecular flexibility index (Phi) is 3.46. The summed E-state index contributed by atoms with van der Waals surface area (Å²) in [6.07, 6.45) is -0.123. The molecule has 0 heterocycles. The van der Waals surface area contributed by atoms with Crippen LogP contribution < -0.4 is 5.73 Å². The van der Waals surface area contributed by atoms with Gasteiger partial charge in [0.1, 0.15) is 5.82 Å². The van der Waals surface area contributed by atoms with Crippen molar-refractivity contribution in [1.82, 2.24) is 0 Å². The van der Waals surface area contributed by atoms with Crippen LogP contribution in [0.1, 0.15) is 18.0 Å². The van der Waals surface area contributed by atoms with Gasteiger partial charge in [-0.15, -0.1) is 0 Å². The summed E-state index contributed by atoms with van der Waals surface area (Å²) in [6, 6.07) is 0.114. The Morgan fingerprint density at radius 1 is 1.07 bits per heavy atom. The van der Waals surface area contributed by atoms with Crippen LogP contribution in [0.5, 0.6) is 0 Å². The van der Waals surface area contributed by atoms with E-state index >= 15 is 0 Å². The molecule has 1 aromatic carbocycles. The maximum Gasteiger partial charge on any atom is 0.161 e. The normalized spacial score (nSPS) is 12.9. The van der Waals surface area contributed by atoms with Gasteiger partial charge >= 0.3 is 0 Å². The highest BCUT2D eigenvalue weighted by atomic mass is 19.2. The highest BCUT2D eigenvalue weighted by Crippen LogP contribution is 2.20. The summed E-state index contributed by atoms with van der Waals surface area (Å²) in [4.78, 5) is 0. The predicted molar refractivity (Wildman–Crippen MR) is 43.8 cm³/mol. The maximum atomic E-state index is 13.0. The van der Waals surface area contributed by atoms with Gasteiger partial charge < -0.3 is 5.73 Å². The lowest BCUT2D eigenvalue weighted by Gasteiger charge is -2.11. The summed E-state index contributed by atoms with van der Waals surface area (Å²) >= 11 is 0. The van der Waals surface area contributed by atoms with E-state index in [0.717, 1.165) is 0 Å². The van der Waals surface area contributed by atoms with Crippen LogP contribution in [0.2, 0.25) is 0 Å². The van der Waals surface area contributed by atoms with Crippen molar-refractivity contribution in [3.05, 3.63) is 35.1 Å². The largest absolute Gasteiger partial charge is 0.324 e. The molecule has 0 aliphatic carbocycles. The third kappa shape index (κ3) is 2.23. The predicted octanol–water partition coefficient (Wildman–Crippen LogP) is 2.46. The molecule has 0 unspecified atom stereocenters. The van der Waals surface area contributed by atoms with Gasteiger partial charge in [0, 0.05) is 17.7 Å². The van der Waals surface area contributed by atoms with Gasteiger partial charge in [-0.1, -0.05) is 0 Å². The average Bonchev–Trinajstić information content (AvgIpc) is 2.11. The number of nitrogens with two attached hydrogens (primary N) is 1. The van der Waals surface area contributed by atoms with E-state index in [2.05, 4.69) is 0 Å². The van der Waals surface area contributed by atoms with Crippen molar-refractivity contribution in [2.45, 2.75) is 12.5 Å². The Hall–Kier alpha value is -1.10. The summed E-state index contributed by atoms with van der Waals surface area (Å²) in [5, 5.41) is 0. The minimum atomic E-state index is -1.28. The zero-order valence-electron chi connectivity index (χ0n) is 7.24. The van der Waals surface area contributed by atoms with Gasteiger partial charge in [0.05, 0.1) is 6.67 Å². The van der Waals surface area contributed by atoms with E-state index in [1.165, 1.54) is 0 Å². The molecule has 0 aromatic heterocycles. The minimum absolute atomic E-state index is 0.123.